The summed E-state index contributed by atoms with van der Waals surface area (Å²) in [5.74, 6) is -0.378. The van der Waals surface area contributed by atoms with Crippen molar-refractivity contribution in [1.29, 1.82) is 0 Å². The molecule has 0 aromatic carbocycles. The lowest BCUT2D eigenvalue weighted by molar-refractivity contribution is -0.118. The maximum atomic E-state index is 12.9. The second kappa shape index (κ2) is 9.05. The van der Waals surface area contributed by atoms with Gasteiger partial charge in [0.1, 0.15) is 5.82 Å². The maximum absolute atomic E-state index is 12.9. The van der Waals surface area contributed by atoms with Crippen LogP contribution in [0.25, 0.3) is 0 Å². The Morgan fingerprint density at radius 1 is 1.29 bits per heavy atom. The molecule has 10 heteroatoms. The standard InChI is InChI=1S/C18H25N5O4S/c1-6-27-17(26)14-9(2)15(20-10(14)3)16(25)11(4)28-18-22-21-13(23(18)5)8-7-12(19)24/h11,20H,6-8H2,1-5H3,(H2,19,24)/t11-/m0/s1. The number of amides is 1. The SMILES string of the molecule is CCOC(=O)c1c(C)[nH]c(C(=O)[C@H](C)Sc2nnc(CCC(N)=O)n2C)c1C. The first-order chi connectivity index (χ1) is 13.2. The molecule has 2 aromatic heterocycles. The van der Waals surface area contributed by atoms with E-state index in [0.717, 1.165) is 0 Å². The van der Waals surface area contributed by atoms with Crippen LogP contribution in [0.4, 0.5) is 0 Å². The summed E-state index contributed by atoms with van der Waals surface area (Å²) in [5.41, 5.74) is 7.13. The molecule has 0 unspecified atom stereocenters. The van der Waals surface area contributed by atoms with E-state index in [1.807, 2.05) is 0 Å². The topological polar surface area (TPSA) is 133 Å². The molecule has 0 aliphatic rings. The first-order valence-electron chi connectivity index (χ1n) is 8.91. The van der Waals surface area contributed by atoms with E-state index in [2.05, 4.69) is 15.2 Å². The second-order valence-corrected chi connectivity index (χ2v) is 7.70. The fourth-order valence-corrected chi connectivity index (χ4v) is 3.71. The number of hydrogen-bond donors (Lipinski definition) is 2. The molecule has 0 aliphatic heterocycles. The van der Waals surface area contributed by atoms with Crippen LogP contribution in [-0.2, 0) is 23.0 Å². The summed E-state index contributed by atoms with van der Waals surface area (Å²) in [4.78, 5) is 39.0. The van der Waals surface area contributed by atoms with Crippen molar-refractivity contribution in [3.05, 3.63) is 28.3 Å². The van der Waals surface area contributed by atoms with E-state index in [9.17, 15) is 14.4 Å². The number of nitrogens with zero attached hydrogens (tertiary/aromatic N) is 3. The predicted molar refractivity (Wildman–Crippen MR) is 104 cm³/mol. The maximum Gasteiger partial charge on any atom is 0.340 e. The molecule has 2 heterocycles. The number of esters is 1. The lowest BCUT2D eigenvalue weighted by atomic mass is 10.1. The van der Waals surface area contributed by atoms with E-state index in [-0.39, 0.29) is 18.8 Å². The number of H-pyrrole nitrogens is 1. The number of hydrogen-bond acceptors (Lipinski definition) is 7. The van der Waals surface area contributed by atoms with E-state index in [1.54, 1.807) is 39.3 Å². The molecule has 0 fully saturated rings. The Kier molecular flexibility index (Phi) is 7.00. The molecule has 1 atom stereocenters. The molecule has 28 heavy (non-hydrogen) atoms. The number of ketones is 1. The highest BCUT2D eigenvalue weighted by Crippen LogP contribution is 2.27. The van der Waals surface area contributed by atoms with Crippen LogP contribution in [0.2, 0.25) is 0 Å². The van der Waals surface area contributed by atoms with Gasteiger partial charge in [0.25, 0.3) is 0 Å². The number of carbonyl (C=O) groups excluding carboxylic acids is 3. The first-order valence-corrected chi connectivity index (χ1v) is 9.79. The van der Waals surface area contributed by atoms with E-state index in [1.165, 1.54) is 11.8 Å². The van der Waals surface area contributed by atoms with Gasteiger partial charge in [-0.25, -0.2) is 4.79 Å². The van der Waals surface area contributed by atoms with E-state index < -0.39 is 17.1 Å². The summed E-state index contributed by atoms with van der Waals surface area (Å²) in [6.45, 7) is 7.23. The number of primary amides is 1. The molecule has 0 radical (unpaired) electrons. The Morgan fingerprint density at radius 3 is 2.57 bits per heavy atom. The van der Waals surface area contributed by atoms with Crippen molar-refractivity contribution >= 4 is 29.4 Å². The van der Waals surface area contributed by atoms with Crippen LogP contribution in [0.15, 0.2) is 5.16 Å². The summed E-state index contributed by atoms with van der Waals surface area (Å²) in [6, 6.07) is 0. The fraction of sp³-hybridized carbons (Fsp3) is 0.500. The molecular formula is C18H25N5O4S. The van der Waals surface area contributed by atoms with Gasteiger partial charge in [-0.2, -0.15) is 0 Å². The van der Waals surface area contributed by atoms with Gasteiger partial charge in [-0.1, -0.05) is 11.8 Å². The fourth-order valence-electron chi connectivity index (χ4n) is 2.82. The van der Waals surface area contributed by atoms with Gasteiger partial charge >= 0.3 is 5.97 Å². The van der Waals surface area contributed by atoms with Crippen LogP contribution >= 0.6 is 11.8 Å². The molecule has 9 nitrogen and oxygen atoms in total. The Labute approximate surface area is 167 Å². The quantitative estimate of drug-likeness (QED) is 0.367. The van der Waals surface area contributed by atoms with Gasteiger partial charge in [0.05, 0.1) is 23.1 Å². The normalized spacial score (nSPS) is 12.0. The van der Waals surface area contributed by atoms with Crippen LogP contribution in [0, 0.1) is 13.8 Å². The van der Waals surface area contributed by atoms with Crippen molar-refractivity contribution in [2.24, 2.45) is 12.8 Å². The minimum atomic E-state index is -0.460. The lowest BCUT2D eigenvalue weighted by Gasteiger charge is -2.10. The van der Waals surface area contributed by atoms with Gasteiger partial charge in [0.15, 0.2) is 10.9 Å². The number of Topliss-reactive ketones (excluding diaryl/α,β-unsaturated/α-hetero) is 1. The zero-order valence-electron chi connectivity index (χ0n) is 16.7. The highest BCUT2D eigenvalue weighted by Gasteiger charge is 2.27. The number of ether oxygens (including phenoxy) is 1. The van der Waals surface area contributed by atoms with Crippen LogP contribution in [0.1, 0.15) is 58.2 Å². The Balaban J connectivity index is 2.17. The zero-order valence-corrected chi connectivity index (χ0v) is 17.5. The summed E-state index contributed by atoms with van der Waals surface area (Å²) in [6.07, 6.45) is 0.572. The van der Waals surface area contributed by atoms with Crippen molar-refractivity contribution < 1.29 is 19.1 Å². The van der Waals surface area contributed by atoms with Gasteiger partial charge in [-0.15, -0.1) is 10.2 Å². The number of aryl methyl sites for hydroxylation is 2. The number of rotatable bonds is 9. The third-order valence-corrected chi connectivity index (χ3v) is 5.47. The van der Waals surface area contributed by atoms with Gasteiger partial charge < -0.3 is 20.0 Å². The predicted octanol–water partition coefficient (Wildman–Crippen LogP) is 1.72. The minimum Gasteiger partial charge on any atom is -0.462 e. The molecule has 2 rings (SSSR count). The van der Waals surface area contributed by atoms with Crippen molar-refractivity contribution in [3.63, 3.8) is 0 Å². The smallest absolute Gasteiger partial charge is 0.340 e. The van der Waals surface area contributed by atoms with Gasteiger partial charge in [0.2, 0.25) is 5.91 Å². The Bertz CT molecular complexity index is 902. The monoisotopic (exact) mass is 407 g/mol. The molecule has 0 bridgehead atoms. The average Bonchev–Trinajstić information content (AvgIpc) is 3.12. The number of carbonyl (C=O) groups is 3. The Morgan fingerprint density at radius 2 is 1.96 bits per heavy atom. The largest absolute Gasteiger partial charge is 0.462 e. The molecule has 1 amide bonds. The average molecular weight is 407 g/mol. The Hall–Kier alpha value is -2.62. The van der Waals surface area contributed by atoms with Gasteiger partial charge in [0, 0.05) is 25.6 Å². The van der Waals surface area contributed by atoms with Crippen LogP contribution in [0.5, 0.6) is 0 Å². The zero-order chi connectivity index (χ0) is 21.0. The number of nitrogens with two attached hydrogens (primary N) is 1. The van der Waals surface area contributed by atoms with Crippen LogP contribution in [-0.4, -0.2) is 49.3 Å². The van der Waals surface area contributed by atoms with E-state index in [0.29, 0.717) is 39.9 Å². The number of aromatic amines is 1. The molecule has 0 aliphatic carbocycles. The molecule has 0 saturated carbocycles. The molecule has 152 valence electrons. The molecule has 2 aromatic rings. The summed E-state index contributed by atoms with van der Waals surface area (Å²) < 4.78 is 6.81. The highest BCUT2D eigenvalue weighted by molar-refractivity contribution is 8.00. The number of nitrogens with one attached hydrogen (secondary N) is 1. The highest BCUT2D eigenvalue weighted by atomic mass is 32.2. The minimum absolute atomic E-state index is 0.150. The third kappa shape index (κ3) is 4.61. The molecule has 3 N–H and O–H groups in total. The molecular weight excluding hydrogens is 382 g/mol. The van der Waals surface area contributed by atoms with Gasteiger partial charge in [-0.05, 0) is 33.3 Å². The summed E-state index contributed by atoms with van der Waals surface area (Å²) in [7, 11) is 1.78. The third-order valence-electron chi connectivity index (χ3n) is 4.33. The summed E-state index contributed by atoms with van der Waals surface area (Å²) in [5, 5.41) is 8.25. The second-order valence-electron chi connectivity index (χ2n) is 6.39. The number of aromatic nitrogens is 4. The van der Waals surface area contributed by atoms with Crippen molar-refractivity contribution in [2.45, 2.75) is 50.9 Å². The number of thioether (sulfide) groups is 1. The van der Waals surface area contributed by atoms with Crippen LogP contribution in [0.3, 0.4) is 0 Å². The first kappa shape index (κ1) is 21.7. The van der Waals surface area contributed by atoms with E-state index >= 15 is 0 Å². The van der Waals surface area contributed by atoms with Crippen LogP contribution < -0.4 is 5.73 Å². The lowest BCUT2D eigenvalue weighted by Crippen LogP contribution is -2.16. The molecule has 0 spiro atoms. The van der Waals surface area contributed by atoms with Crippen molar-refractivity contribution in [3.8, 4) is 0 Å². The van der Waals surface area contributed by atoms with E-state index in [4.69, 9.17) is 10.5 Å². The molecule has 0 saturated heterocycles. The van der Waals surface area contributed by atoms with Gasteiger partial charge in [-0.3, -0.25) is 9.59 Å². The summed E-state index contributed by atoms with van der Waals surface area (Å²) >= 11 is 1.26. The van der Waals surface area contributed by atoms with Crippen molar-refractivity contribution in [1.82, 2.24) is 19.7 Å². The van der Waals surface area contributed by atoms with Crippen molar-refractivity contribution in [2.75, 3.05) is 6.61 Å².